The Hall–Kier alpha value is -4.74. The molecule has 12 heteroatoms. The Morgan fingerprint density at radius 1 is 1.15 bits per heavy atom. The maximum Gasteiger partial charge on any atom is 0.335 e. The molecule has 0 saturated carbocycles. The lowest BCUT2D eigenvalue weighted by Crippen LogP contribution is -2.45. The van der Waals surface area contributed by atoms with Gasteiger partial charge in [0.25, 0.3) is 0 Å². The van der Waals surface area contributed by atoms with Gasteiger partial charge in [-0.05, 0) is 30.3 Å². The molecule has 39 heavy (non-hydrogen) atoms. The van der Waals surface area contributed by atoms with Gasteiger partial charge in [-0.1, -0.05) is 41.9 Å². The van der Waals surface area contributed by atoms with Crippen molar-refractivity contribution in [2.45, 2.75) is 6.54 Å². The Kier molecular flexibility index (Phi) is 7.53. The Labute approximate surface area is 229 Å². The van der Waals surface area contributed by atoms with Crippen LogP contribution in [0.5, 0.6) is 0 Å². The number of para-hydroxylation sites is 1. The Morgan fingerprint density at radius 2 is 1.95 bits per heavy atom. The van der Waals surface area contributed by atoms with Gasteiger partial charge in [0.15, 0.2) is 11.0 Å². The van der Waals surface area contributed by atoms with Gasteiger partial charge < -0.3 is 15.4 Å². The number of hydrogen-bond acceptors (Lipinski definition) is 7. The summed E-state index contributed by atoms with van der Waals surface area (Å²) in [6.07, 6.45) is 6.39. The summed E-state index contributed by atoms with van der Waals surface area (Å²) < 4.78 is 6.51. The molecule has 0 aliphatic carbocycles. The first kappa shape index (κ1) is 25.9. The molecule has 1 aliphatic heterocycles. The van der Waals surface area contributed by atoms with E-state index in [0.717, 1.165) is 11.3 Å². The number of amides is 3. The van der Waals surface area contributed by atoms with E-state index in [1.807, 2.05) is 30.3 Å². The number of aryl methyl sites for hydroxylation is 1. The summed E-state index contributed by atoms with van der Waals surface area (Å²) in [6, 6.07) is 16.1. The van der Waals surface area contributed by atoms with Crippen molar-refractivity contribution < 1.29 is 14.3 Å². The van der Waals surface area contributed by atoms with E-state index < -0.39 is 0 Å². The van der Waals surface area contributed by atoms with Gasteiger partial charge in [-0.3, -0.25) is 14.4 Å². The lowest BCUT2D eigenvalue weighted by Gasteiger charge is -2.36. The van der Waals surface area contributed by atoms with Gasteiger partial charge in [0.2, 0.25) is 11.9 Å². The third-order valence-electron chi connectivity index (χ3n) is 5.81. The predicted molar refractivity (Wildman–Crippen MR) is 150 cm³/mol. The first-order valence-electron chi connectivity index (χ1n) is 12.0. The predicted octanol–water partition coefficient (Wildman–Crippen LogP) is 5.03. The number of ether oxygens (including phenoxy) is 1. The maximum absolute atomic E-state index is 13.9. The number of benzene rings is 2. The van der Waals surface area contributed by atoms with Crippen LogP contribution >= 0.6 is 11.6 Å². The second kappa shape index (κ2) is 11.3. The molecule has 0 atom stereocenters. The first-order chi connectivity index (χ1) is 18.9. The number of hydrogen-bond donors (Lipinski definition) is 2. The van der Waals surface area contributed by atoms with E-state index in [2.05, 4.69) is 25.7 Å². The highest BCUT2D eigenvalue weighted by molar-refractivity contribution is 6.32. The summed E-state index contributed by atoms with van der Waals surface area (Å²) in [5, 5.41) is 10.3. The molecule has 0 fully saturated rings. The Morgan fingerprint density at radius 3 is 2.69 bits per heavy atom. The minimum atomic E-state index is -0.317. The minimum Gasteiger partial charge on any atom is -0.381 e. The number of urea groups is 1. The fraction of sp³-hybridized carbons (Fsp3) is 0.148. The van der Waals surface area contributed by atoms with Crippen LogP contribution in [0.15, 0.2) is 79.1 Å². The molecule has 3 amide bonds. The van der Waals surface area contributed by atoms with Gasteiger partial charge >= 0.3 is 6.03 Å². The second-order valence-corrected chi connectivity index (χ2v) is 8.97. The van der Waals surface area contributed by atoms with E-state index in [1.165, 1.54) is 11.0 Å². The highest BCUT2D eigenvalue weighted by Crippen LogP contribution is 2.37. The quantitative estimate of drug-likeness (QED) is 0.299. The molecule has 0 radical (unpaired) electrons. The molecule has 0 bridgehead atoms. The first-order valence-corrected chi connectivity index (χ1v) is 12.4. The lowest BCUT2D eigenvalue weighted by molar-refractivity contribution is -0.111. The number of rotatable bonds is 8. The Bertz CT molecular complexity index is 1540. The van der Waals surface area contributed by atoms with Crippen molar-refractivity contribution in [3.05, 3.63) is 89.9 Å². The summed E-state index contributed by atoms with van der Waals surface area (Å²) >= 11 is 6.20. The van der Waals surface area contributed by atoms with Gasteiger partial charge in [0, 0.05) is 49.6 Å². The maximum atomic E-state index is 13.9. The van der Waals surface area contributed by atoms with Crippen molar-refractivity contribution in [3.63, 3.8) is 0 Å². The number of nitrogens with one attached hydrogen (secondary N) is 2. The van der Waals surface area contributed by atoms with Crippen molar-refractivity contribution in [2.24, 2.45) is 7.05 Å². The van der Waals surface area contributed by atoms with Crippen molar-refractivity contribution in [1.82, 2.24) is 19.7 Å². The summed E-state index contributed by atoms with van der Waals surface area (Å²) in [5.41, 5.74) is 3.03. The fourth-order valence-corrected chi connectivity index (χ4v) is 4.29. The highest BCUT2D eigenvalue weighted by atomic mass is 35.5. The van der Waals surface area contributed by atoms with E-state index in [9.17, 15) is 9.59 Å². The molecule has 2 aromatic carbocycles. The number of methoxy groups -OCH3 is 1. The van der Waals surface area contributed by atoms with Crippen LogP contribution in [0, 0.1) is 0 Å². The average molecular weight is 545 g/mol. The fourth-order valence-electron chi connectivity index (χ4n) is 4.08. The van der Waals surface area contributed by atoms with Gasteiger partial charge in [-0.2, -0.15) is 10.1 Å². The van der Waals surface area contributed by atoms with Crippen molar-refractivity contribution in [3.8, 4) is 0 Å². The van der Waals surface area contributed by atoms with Gasteiger partial charge in [-0.15, -0.1) is 0 Å². The van der Waals surface area contributed by atoms with Crippen LogP contribution < -0.4 is 20.4 Å². The van der Waals surface area contributed by atoms with Crippen molar-refractivity contribution in [1.29, 1.82) is 0 Å². The van der Waals surface area contributed by atoms with Crippen LogP contribution in [0.1, 0.15) is 5.56 Å². The van der Waals surface area contributed by atoms with E-state index in [1.54, 1.807) is 66.5 Å². The largest absolute Gasteiger partial charge is 0.381 e. The summed E-state index contributed by atoms with van der Waals surface area (Å²) in [6.45, 7) is 0.603. The topological polar surface area (TPSA) is 118 Å². The minimum absolute atomic E-state index is 0.252. The third kappa shape index (κ3) is 5.74. The molecule has 2 aromatic heterocycles. The summed E-state index contributed by atoms with van der Waals surface area (Å²) in [4.78, 5) is 38.6. The number of fused-ring (bicyclic) bond motifs is 1. The average Bonchev–Trinajstić information content (AvgIpc) is 3.25. The molecule has 0 saturated heterocycles. The number of nitrogens with zero attached hydrogens (tertiary/aromatic N) is 6. The van der Waals surface area contributed by atoms with Crippen molar-refractivity contribution >= 4 is 58.1 Å². The molecule has 4 aromatic rings. The van der Waals surface area contributed by atoms with E-state index in [-0.39, 0.29) is 29.6 Å². The number of carbonyl (C=O) groups is 2. The normalized spacial score (nSPS) is 13.1. The molecule has 1 aliphatic rings. The van der Waals surface area contributed by atoms with E-state index >= 15 is 0 Å². The van der Waals surface area contributed by atoms with Gasteiger partial charge in [0.05, 0.1) is 24.5 Å². The lowest BCUT2D eigenvalue weighted by atomic mass is 10.1. The number of aromatic nitrogens is 4. The second-order valence-electron chi connectivity index (χ2n) is 8.61. The van der Waals surface area contributed by atoms with E-state index in [0.29, 0.717) is 29.5 Å². The van der Waals surface area contributed by atoms with Crippen LogP contribution in [-0.2, 0) is 23.1 Å². The molecule has 0 spiro atoms. The molecule has 3 heterocycles. The molecule has 198 valence electrons. The Balaban J connectivity index is 1.53. The molecular weight excluding hydrogens is 520 g/mol. The van der Waals surface area contributed by atoms with E-state index in [4.69, 9.17) is 16.3 Å². The molecular formula is C27H25ClN8O3. The van der Waals surface area contributed by atoms with Crippen LogP contribution in [0.25, 0.3) is 0 Å². The number of anilines is 6. The number of halogens is 1. The summed E-state index contributed by atoms with van der Waals surface area (Å²) in [5.74, 6) is 0.346. The highest BCUT2D eigenvalue weighted by Gasteiger charge is 2.34. The SMILES string of the molecule is COC/C=C/C(=O)Nc1cccc(N2C(=O)N(c3ccccc3)Cc3cnc(Nc4cn(C)nc4Cl)nc32)c1. The summed E-state index contributed by atoms with van der Waals surface area (Å²) in [7, 11) is 3.30. The zero-order valence-electron chi connectivity index (χ0n) is 21.2. The smallest absolute Gasteiger partial charge is 0.335 e. The van der Waals surface area contributed by atoms with Gasteiger partial charge in [0.1, 0.15) is 0 Å². The van der Waals surface area contributed by atoms with Crippen LogP contribution in [0.2, 0.25) is 5.15 Å². The van der Waals surface area contributed by atoms with Crippen molar-refractivity contribution in [2.75, 3.05) is 34.2 Å². The molecule has 2 N–H and O–H groups in total. The standard InChI is InChI=1S/C27H25ClN8O3/c1-34-17-22(24(28)33-34)31-26-29-15-18-16-35(20-9-4-3-5-10-20)27(38)36(25(18)32-26)21-11-6-8-19(14-21)30-23(37)12-7-13-39-2/h3-12,14-15,17H,13,16H2,1-2H3,(H,30,37)(H,29,31,32)/b12-7+. The number of carbonyl (C=O) groups excluding carboxylic acids is 2. The van der Waals surface area contributed by atoms with Gasteiger partial charge in [-0.25, -0.2) is 14.7 Å². The molecule has 0 unspecified atom stereocenters. The van der Waals surface area contributed by atoms with Crippen LogP contribution in [0.3, 0.4) is 0 Å². The molecule has 11 nitrogen and oxygen atoms in total. The van der Waals surface area contributed by atoms with Crippen LogP contribution in [0.4, 0.5) is 39.3 Å². The third-order valence-corrected chi connectivity index (χ3v) is 6.09. The molecule has 5 rings (SSSR count). The zero-order chi connectivity index (χ0) is 27.4. The van der Waals surface area contributed by atoms with Crippen LogP contribution in [-0.4, -0.2) is 45.4 Å². The monoisotopic (exact) mass is 544 g/mol. The zero-order valence-corrected chi connectivity index (χ0v) is 22.0.